The van der Waals surface area contributed by atoms with Gasteiger partial charge in [0, 0.05) is 41.3 Å². The number of nitrogens with one attached hydrogen (secondary N) is 1. The van der Waals surface area contributed by atoms with E-state index in [1.807, 2.05) is 73.9 Å². The number of methoxy groups -OCH3 is 1. The predicted octanol–water partition coefficient (Wildman–Crippen LogP) is 4.40. The number of aryl methyl sites for hydroxylation is 1. The molecular weight excluding hydrogens is 352 g/mol. The van der Waals surface area contributed by atoms with Gasteiger partial charge in [0.2, 0.25) is 0 Å². The van der Waals surface area contributed by atoms with Crippen molar-refractivity contribution in [2.75, 3.05) is 7.11 Å². The summed E-state index contributed by atoms with van der Waals surface area (Å²) in [5.74, 6) is -0.0841. The summed E-state index contributed by atoms with van der Waals surface area (Å²) in [6, 6.07) is 15.9. The second-order valence-electron chi connectivity index (χ2n) is 6.92. The van der Waals surface area contributed by atoms with Crippen molar-refractivity contribution in [3.63, 3.8) is 0 Å². The third-order valence-electron chi connectivity index (χ3n) is 5.09. The summed E-state index contributed by atoms with van der Waals surface area (Å²) in [6.07, 6.45) is 0. The number of hydrogen-bond donors (Lipinski definition) is 2. The molecule has 0 saturated heterocycles. The first-order valence-corrected chi connectivity index (χ1v) is 9.27. The van der Waals surface area contributed by atoms with Crippen LogP contribution in [0.25, 0.3) is 5.69 Å². The highest BCUT2D eigenvalue weighted by atomic mass is 16.5. The summed E-state index contributed by atoms with van der Waals surface area (Å²) in [7, 11) is 1.65. The van der Waals surface area contributed by atoms with E-state index in [2.05, 4.69) is 5.32 Å². The van der Waals surface area contributed by atoms with Crippen molar-refractivity contribution < 1.29 is 14.6 Å². The van der Waals surface area contributed by atoms with Gasteiger partial charge in [-0.2, -0.15) is 0 Å². The molecule has 0 radical (unpaired) electrons. The van der Waals surface area contributed by atoms with Crippen molar-refractivity contribution >= 4 is 5.97 Å². The van der Waals surface area contributed by atoms with Gasteiger partial charge >= 0.3 is 5.97 Å². The normalized spacial score (nSPS) is 10.9. The zero-order valence-electron chi connectivity index (χ0n) is 16.7. The van der Waals surface area contributed by atoms with Crippen LogP contribution in [0.15, 0.2) is 48.5 Å². The van der Waals surface area contributed by atoms with Crippen molar-refractivity contribution in [2.45, 2.75) is 33.9 Å². The number of carboxylic acids is 1. The summed E-state index contributed by atoms with van der Waals surface area (Å²) in [6.45, 7) is 6.93. The summed E-state index contributed by atoms with van der Waals surface area (Å²) in [4.78, 5) is 12.0. The van der Waals surface area contributed by atoms with Gasteiger partial charge in [-0.25, -0.2) is 4.79 Å². The summed E-state index contributed by atoms with van der Waals surface area (Å²) in [5.41, 5.74) is 6.02. The first-order chi connectivity index (χ1) is 13.4. The van der Waals surface area contributed by atoms with Gasteiger partial charge in [0.15, 0.2) is 0 Å². The Balaban J connectivity index is 1.91. The lowest BCUT2D eigenvalue weighted by atomic mass is 10.1. The molecule has 0 aliphatic heterocycles. The largest absolute Gasteiger partial charge is 0.496 e. The Hall–Kier alpha value is -3.05. The molecule has 28 heavy (non-hydrogen) atoms. The maximum atomic E-state index is 12.0. The van der Waals surface area contributed by atoms with Crippen LogP contribution in [0.3, 0.4) is 0 Å². The third-order valence-corrected chi connectivity index (χ3v) is 5.09. The number of rotatable bonds is 7. The molecular formula is C23H26N2O3. The topological polar surface area (TPSA) is 63.5 Å². The molecule has 0 amide bonds. The van der Waals surface area contributed by atoms with Crippen molar-refractivity contribution in [1.82, 2.24) is 9.88 Å². The Labute approximate surface area is 165 Å². The summed E-state index contributed by atoms with van der Waals surface area (Å²) >= 11 is 0. The SMILES string of the molecule is COc1ccccc1CNCc1c(C(=O)O)c(C)n(-c2ccc(C)cc2)c1C. The van der Waals surface area contributed by atoms with E-state index < -0.39 is 5.97 Å². The molecule has 2 aromatic carbocycles. The molecule has 1 aromatic heterocycles. The molecule has 0 aliphatic carbocycles. The van der Waals surface area contributed by atoms with Gasteiger partial charge in [-0.05, 0) is 39.0 Å². The molecule has 0 saturated carbocycles. The van der Waals surface area contributed by atoms with Crippen LogP contribution in [-0.2, 0) is 13.1 Å². The van der Waals surface area contributed by atoms with E-state index >= 15 is 0 Å². The van der Waals surface area contributed by atoms with Crippen LogP contribution in [0.5, 0.6) is 5.75 Å². The Morgan fingerprint density at radius 1 is 1.00 bits per heavy atom. The quantitative estimate of drug-likeness (QED) is 0.640. The minimum Gasteiger partial charge on any atom is -0.496 e. The number of benzene rings is 2. The molecule has 3 rings (SSSR count). The lowest BCUT2D eigenvalue weighted by Gasteiger charge is -2.11. The van der Waals surface area contributed by atoms with Gasteiger partial charge < -0.3 is 19.7 Å². The Morgan fingerprint density at radius 2 is 1.68 bits per heavy atom. The molecule has 0 unspecified atom stereocenters. The molecule has 0 aliphatic rings. The highest BCUT2D eigenvalue weighted by Crippen LogP contribution is 2.27. The molecule has 0 bridgehead atoms. The second-order valence-corrected chi connectivity index (χ2v) is 6.92. The van der Waals surface area contributed by atoms with E-state index in [4.69, 9.17) is 4.74 Å². The number of aromatic carboxylic acids is 1. The number of carbonyl (C=O) groups is 1. The third kappa shape index (κ3) is 3.80. The number of carboxylic acid groups (broad SMARTS) is 1. The number of aromatic nitrogens is 1. The average molecular weight is 378 g/mol. The highest BCUT2D eigenvalue weighted by molar-refractivity contribution is 5.91. The summed E-state index contributed by atoms with van der Waals surface area (Å²) < 4.78 is 7.40. The molecule has 1 heterocycles. The van der Waals surface area contributed by atoms with Crippen molar-refractivity contribution in [3.05, 3.63) is 82.2 Å². The molecule has 2 N–H and O–H groups in total. The zero-order chi connectivity index (χ0) is 20.3. The first-order valence-electron chi connectivity index (χ1n) is 9.27. The standard InChI is InChI=1S/C23H26N2O3/c1-15-9-11-19(12-10-15)25-16(2)20(22(17(25)3)23(26)27)14-24-13-18-7-5-6-8-21(18)28-4/h5-12,24H,13-14H2,1-4H3,(H,26,27). The van der Waals surface area contributed by atoms with E-state index in [0.717, 1.165) is 34.0 Å². The fourth-order valence-corrected chi connectivity index (χ4v) is 3.65. The van der Waals surface area contributed by atoms with Crippen LogP contribution >= 0.6 is 0 Å². The molecule has 0 fully saturated rings. The van der Waals surface area contributed by atoms with Gasteiger partial charge in [-0.15, -0.1) is 0 Å². The van der Waals surface area contributed by atoms with Crippen molar-refractivity contribution in [3.8, 4) is 11.4 Å². The Kier molecular flexibility index (Phi) is 5.85. The molecule has 3 aromatic rings. The van der Waals surface area contributed by atoms with Crippen LogP contribution in [-0.4, -0.2) is 22.8 Å². The lowest BCUT2D eigenvalue weighted by molar-refractivity contribution is 0.0695. The number of nitrogens with zero attached hydrogens (tertiary/aromatic N) is 1. The average Bonchev–Trinajstić information content (AvgIpc) is 2.93. The molecule has 146 valence electrons. The van der Waals surface area contributed by atoms with E-state index in [1.54, 1.807) is 7.11 Å². The van der Waals surface area contributed by atoms with Gasteiger partial charge in [0.25, 0.3) is 0 Å². The number of ether oxygens (including phenoxy) is 1. The highest BCUT2D eigenvalue weighted by Gasteiger charge is 2.23. The van der Waals surface area contributed by atoms with Crippen LogP contribution < -0.4 is 10.1 Å². The van der Waals surface area contributed by atoms with Crippen LogP contribution in [0.1, 0.15) is 38.4 Å². The van der Waals surface area contributed by atoms with E-state index in [1.165, 1.54) is 5.56 Å². The molecule has 0 spiro atoms. The maximum Gasteiger partial charge on any atom is 0.337 e. The minimum absolute atomic E-state index is 0.366. The van der Waals surface area contributed by atoms with E-state index in [0.29, 0.717) is 18.7 Å². The predicted molar refractivity (Wildman–Crippen MR) is 110 cm³/mol. The second kappa shape index (κ2) is 8.31. The fraction of sp³-hybridized carbons (Fsp3) is 0.261. The van der Waals surface area contributed by atoms with Crippen LogP contribution in [0.2, 0.25) is 0 Å². The Morgan fingerprint density at radius 3 is 2.32 bits per heavy atom. The van der Waals surface area contributed by atoms with E-state index in [9.17, 15) is 9.90 Å². The van der Waals surface area contributed by atoms with E-state index in [-0.39, 0.29) is 0 Å². The first kappa shape index (κ1) is 19.7. The van der Waals surface area contributed by atoms with Gasteiger partial charge in [-0.3, -0.25) is 0 Å². The minimum atomic E-state index is -0.902. The number of hydrogen-bond acceptors (Lipinski definition) is 3. The van der Waals surface area contributed by atoms with Crippen LogP contribution in [0.4, 0.5) is 0 Å². The number of para-hydroxylation sites is 1. The van der Waals surface area contributed by atoms with Gasteiger partial charge in [0.05, 0.1) is 12.7 Å². The molecule has 5 heteroatoms. The van der Waals surface area contributed by atoms with Crippen molar-refractivity contribution in [1.29, 1.82) is 0 Å². The molecule has 0 atom stereocenters. The van der Waals surface area contributed by atoms with Gasteiger partial charge in [0.1, 0.15) is 5.75 Å². The Bertz CT molecular complexity index is 988. The van der Waals surface area contributed by atoms with Gasteiger partial charge in [-0.1, -0.05) is 35.9 Å². The monoisotopic (exact) mass is 378 g/mol. The lowest BCUT2D eigenvalue weighted by Crippen LogP contribution is -2.16. The maximum absolute atomic E-state index is 12.0. The molecule has 5 nitrogen and oxygen atoms in total. The zero-order valence-corrected chi connectivity index (χ0v) is 16.7. The smallest absolute Gasteiger partial charge is 0.337 e. The summed E-state index contributed by atoms with van der Waals surface area (Å²) in [5, 5.41) is 13.2. The van der Waals surface area contributed by atoms with Crippen LogP contribution in [0, 0.1) is 20.8 Å². The fourth-order valence-electron chi connectivity index (χ4n) is 3.65. The van der Waals surface area contributed by atoms with Crippen molar-refractivity contribution in [2.24, 2.45) is 0 Å².